The van der Waals surface area contributed by atoms with Crippen LogP contribution in [0.5, 0.6) is 17.2 Å². The van der Waals surface area contributed by atoms with Crippen LogP contribution in [0.1, 0.15) is 34.7 Å². The maximum atomic E-state index is 12.1. The standard InChI is InChI=1S/C34H34Cl2N2O5/c1-4-42-34(41)33(40)37-27-16-22(2)32(23(3)17-27)43-28-11-13-31(39)26(19-28)21-38(15-14-24-8-6-5-7-9-24)20-25-10-12-29(35)30(36)18-25/h5-13,16-19,39H,4,14-15,20-21H2,1-3H3,(H,37,40). The lowest BCUT2D eigenvalue weighted by Crippen LogP contribution is -2.25. The van der Waals surface area contributed by atoms with E-state index in [0.717, 1.165) is 29.7 Å². The third-order valence-electron chi connectivity index (χ3n) is 6.79. The number of benzene rings is 4. The van der Waals surface area contributed by atoms with E-state index in [-0.39, 0.29) is 12.4 Å². The third kappa shape index (κ3) is 8.97. The number of carbonyl (C=O) groups excluding carboxylic acids is 2. The van der Waals surface area contributed by atoms with E-state index in [1.165, 1.54) is 5.56 Å². The van der Waals surface area contributed by atoms with Gasteiger partial charge in [0.1, 0.15) is 17.2 Å². The first-order valence-corrected chi connectivity index (χ1v) is 14.7. The van der Waals surface area contributed by atoms with Crippen molar-refractivity contribution in [2.75, 3.05) is 18.5 Å². The quantitative estimate of drug-likeness (QED) is 0.131. The Labute approximate surface area is 262 Å². The van der Waals surface area contributed by atoms with E-state index in [4.69, 9.17) is 32.7 Å². The van der Waals surface area contributed by atoms with Gasteiger partial charge in [0, 0.05) is 30.9 Å². The molecule has 4 aromatic rings. The van der Waals surface area contributed by atoms with Crippen molar-refractivity contribution < 1.29 is 24.2 Å². The molecule has 0 atom stereocenters. The minimum Gasteiger partial charge on any atom is -0.508 e. The first-order chi connectivity index (χ1) is 20.6. The molecule has 1 amide bonds. The van der Waals surface area contributed by atoms with Crippen LogP contribution in [0.3, 0.4) is 0 Å². The first-order valence-electron chi connectivity index (χ1n) is 13.9. The molecule has 7 nitrogen and oxygen atoms in total. The van der Waals surface area contributed by atoms with E-state index in [2.05, 4.69) is 22.3 Å². The van der Waals surface area contributed by atoms with Crippen LogP contribution in [0.15, 0.2) is 78.9 Å². The molecule has 0 spiro atoms. The van der Waals surface area contributed by atoms with Crippen LogP contribution < -0.4 is 10.1 Å². The van der Waals surface area contributed by atoms with Crippen molar-refractivity contribution in [1.29, 1.82) is 0 Å². The fourth-order valence-electron chi connectivity index (χ4n) is 4.72. The van der Waals surface area contributed by atoms with Crippen LogP contribution in [0, 0.1) is 13.8 Å². The highest BCUT2D eigenvalue weighted by Crippen LogP contribution is 2.34. The van der Waals surface area contributed by atoms with Crippen LogP contribution in [-0.4, -0.2) is 35.0 Å². The SMILES string of the molecule is CCOC(=O)C(=O)Nc1cc(C)c(Oc2ccc(O)c(CN(CCc3ccccc3)Cc3ccc(Cl)c(Cl)c3)c2)c(C)c1. The summed E-state index contributed by atoms with van der Waals surface area (Å²) in [6.07, 6.45) is 0.830. The topological polar surface area (TPSA) is 88.1 Å². The zero-order chi connectivity index (χ0) is 30.9. The van der Waals surface area contributed by atoms with Crippen LogP contribution in [0.4, 0.5) is 5.69 Å². The van der Waals surface area contributed by atoms with Gasteiger partial charge in [-0.1, -0.05) is 59.6 Å². The van der Waals surface area contributed by atoms with Crippen molar-refractivity contribution in [3.8, 4) is 17.2 Å². The number of halogens is 2. The molecular formula is C34H34Cl2N2O5. The number of nitrogens with zero attached hydrogens (tertiary/aromatic N) is 1. The van der Waals surface area contributed by atoms with E-state index in [1.54, 1.807) is 37.3 Å². The second-order valence-corrected chi connectivity index (χ2v) is 11.0. The summed E-state index contributed by atoms with van der Waals surface area (Å²) in [5.41, 5.74) is 4.92. The van der Waals surface area contributed by atoms with Crippen LogP contribution in [0.2, 0.25) is 10.0 Å². The Hall–Kier alpha value is -4.04. The molecule has 4 aromatic carbocycles. The highest BCUT2D eigenvalue weighted by Gasteiger charge is 2.17. The van der Waals surface area contributed by atoms with Gasteiger partial charge in [0.25, 0.3) is 0 Å². The molecule has 9 heteroatoms. The Bertz CT molecular complexity index is 1570. The summed E-state index contributed by atoms with van der Waals surface area (Å²) in [6, 6.07) is 24.5. The van der Waals surface area contributed by atoms with Crippen molar-refractivity contribution in [2.24, 2.45) is 0 Å². The minimum atomic E-state index is -0.938. The van der Waals surface area contributed by atoms with Gasteiger partial charge in [0.2, 0.25) is 0 Å². The zero-order valence-electron chi connectivity index (χ0n) is 24.3. The fraction of sp³-hybridized carbons (Fsp3) is 0.235. The minimum absolute atomic E-state index is 0.117. The normalized spacial score (nSPS) is 10.9. The highest BCUT2D eigenvalue weighted by molar-refractivity contribution is 6.42. The number of hydrogen-bond donors (Lipinski definition) is 2. The van der Waals surface area contributed by atoms with Gasteiger partial charge in [-0.2, -0.15) is 0 Å². The maximum Gasteiger partial charge on any atom is 0.397 e. The number of hydrogen-bond acceptors (Lipinski definition) is 6. The monoisotopic (exact) mass is 620 g/mol. The number of rotatable bonds is 11. The van der Waals surface area contributed by atoms with Gasteiger partial charge in [-0.15, -0.1) is 0 Å². The van der Waals surface area contributed by atoms with Gasteiger partial charge in [-0.3, -0.25) is 9.69 Å². The van der Waals surface area contributed by atoms with E-state index < -0.39 is 11.9 Å². The number of phenolic OH excluding ortho intramolecular Hbond substituents is 1. The summed E-state index contributed by atoms with van der Waals surface area (Å²) < 4.78 is 11.0. The molecule has 0 saturated carbocycles. The van der Waals surface area contributed by atoms with Gasteiger partial charge in [-0.25, -0.2) is 4.79 Å². The molecule has 4 rings (SSSR count). The van der Waals surface area contributed by atoms with Crippen LogP contribution in [-0.2, 0) is 33.8 Å². The van der Waals surface area contributed by atoms with Gasteiger partial charge >= 0.3 is 11.9 Å². The number of carbonyl (C=O) groups is 2. The van der Waals surface area contributed by atoms with Crippen molar-refractivity contribution in [3.63, 3.8) is 0 Å². The Balaban J connectivity index is 1.53. The molecule has 2 N–H and O–H groups in total. The number of esters is 1. The smallest absolute Gasteiger partial charge is 0.397 e. The van der Waals surface area contributed by atoms with Gasteiger partial charge in [0.05, 0.1) is 16.7 Å². The number of aryl methyl sites for hydroxylation is 2. The van der Waals surface area contributed by atoms with Crippen molar-refractivity contribution in [2.45, 2.75) is 40.3 Å². The van der Waals surface area contributed by atoms with E-state index in [1.807, 2.05) is 50.2 Å². The van der Waals surface area contributed by atoms with E-state index in [9.17, 15) is 14.7 Å². The summed E-state index contributed by atoms with van der Waals surface area (Å²) >= 11 is 12.4. The highest BCUT2D eigenvalue weighted by atomic mass is 35.5. The zero-order valence-corrected chi connectivity index (χ0v) is 25.8. The summed E-state index contributed by atoms with van der Waals surface area (Å²) in [5.74, 6) is -0.444. The molecule has 43 heavy (non-hydrogen) atoms. The van der Waals surface area contributed by atoms with Crippen molar-refractivity contribution >= 4 is 40.8 Å². The van der Waals surface area contributed by atoms with Crippen molar-refractivity contribution in [1.82, 2.24) is 4.90 Å². The molecule has 0 bridgehead atoms. The predicted octanol–water partition coefficient (Wildman–Crippen LogP) is 7.85. The molecule has 0 aromatic heterocycles. The number of amides is 1. The Morgan fingerprint density at radius 1 is 0.860 bits per heavy atom. The molecule has 0 fully saturated rings. The molecule has 224 valence electrons. The molecule has 0 heterocycles. The van der Waals surface area contributed by atoms with Crippen LogP contribution in [0.25, 0.3) is 0 Å². The Morgan fingerprint density at radius 3 is 2.26 bits per heavy atom. The Morgan fingerprint density at radius 2 is 1.58 bits per heavy atom. The molecule has 0 aliphatic heterocycles. The second kappa shape index (κ2) is 14.9. The fourth-order valence-corrected chi connectivity index (χ4v) is 5.04. The maximum absolute atomic E-state index is 12.1. The summed E-state index contributed by atoms with van der Waals surface area (Å²) in [5, 5.41) is 14.4. The number of ether oxygens (including phenoxy) is 2. The summed E-state index contributed by atoms with van der Waals surface area (Å²) in [7, 11) is 0. The average molecular weight is 622 g/mol. The van der Waals surface area contributed by atoms with Gasteiger partial charge in [0.15, 0.2) is 0 Å². The second-order valence-electron chi connectivity index (χ2n) is 10.2. The first kappa shape index (κ1) is 31.9. The molecular weight excluding hydrogens is 587 g/mol. The lowest BCUT2D eigenvalue weighted by molar-refractivity contribution is -0.152. The van der Waals surface area contributed by atoms with Crippen LogP contribution >= 0.6 is 23.2 Å². The van der Waals surface area contributed by atoms with E-state index >= 15 is 0 Å². The van der Waals surface area contributed by atoms with Gasteiger partial charge in [-0.05, 0) is 91.9 Å². The number of phenols is 1. The average Bonchev–Trinajstić information content (AvgIpc) is 2.98. The lowest BCUT2D eigenvalue weighted by atomic mass is 10.1. The molecule has 0 saturated heterocycles. The molecule has 0 unspecified atom stereocenters. The third-order valence-corrected chi connectivity index (χ3v) is 7.53. The molecule has 0 radical (unpaired) electrons. The van der Waals surface area contributed by atoms with Crippen molar-refractivity contribution in [3.05, 3.63) is 117 Å². The Kier molecular flexibility index (Phi) is 11.1. The molecule has 0 aliphatic rings. The summed E-state index contributed by atoms with van der Waals surface area (Å²) in [4.78, 5) is 26.0. The number of nitrogens with one attached hydrogen (secondary N) is 1. The largest absolute Gasteiger partial charge is 0.508 e. The summed E-state index contributed by atoms with van der Waals surface area (Å²) in [6.45, 7) is 7.27. The molecule has 0 aliphatic carbocycles. The lowest BCUT2D eigenvalue weighted by Gasteiger charge is -2.24. The predicted molar refractivity (Wildman–Crippen MR) is 170 cm³/mol. The van der Waals surface area contributed by atoms with Gasteiger partial charge < -0.3 is 19.9 Å². The van der Waals surface area contributed by atoms with E-state index in [0.29, 0.717) is 45.9 Å². The number of anilines is 1. The number of aromatic hydroxyl groups is 1.